The Balaban J connectivity index is 1.66. The maximum absolute atomic E-state index is 2.74. The van der Waals surface area contributed by atoms with Gasteiger partial charge in [-0.2, -0.15) is 0 Å². The van der Waals surface area contributed by atoms with E-state index in [0.717, 1.165) is 17.9 Å². The third-order valence-electron chi connectivity index (χ3n) is 3.88. The highest BCUT2D eigenvalue weighted by atomic mass is 15.2. The Kier molecular flexibility index (Phi) is 3.48. The van der Waals surface area contributed by atoms with Crippen LogP contribution in [0.2, 0.25) is 0 Å². The summed E-state index contributed by atoms with van der Waals surface area (Å²) in [5, 5.41) is 0. The Bertz CT molecular complexity index is 164. The van der Waals surface area contributed by atoms with Gasteiger partial charge >= 0.3 is 0 Å². The first-order chi connectivity index (χ1) is 6.75. The van der Waals surface area contributed by atoms with Gasteiger partial charge in [0.15, 0.2) is 0 Å². The van der Waals surface area contributed by atoms with Crippen LogP contribution < -0.4 is 0 Å². The molecule has 1 aliphatic heterocycles. The molecule has 1 nitrogen and oxygen atoms in total. The number of hydrogen-bond donors (Lipinski definition) is 0. The molecule has 0 amide bonds. The van der Waals surface area contributed by atoms with Gasteiger partial charge < -0.3 is 0 Å². The highest BCUT2D eigenvalue weighted by Crippen LogP contribution is 2.30. The molecule has 82 valence electrons. The van der Waals surface area contributed by atoms with Crippen LogP contribution in [0.3, 0.4) is 0 Å². The number of nitrogens with zero attached hydrogens (tertiary/aromatic N) is 1. The van der Waals surface area contributed by atoms with Gasteiger partial charge in [0.1, 0.15) is 0 Å². The lowest BCUT2D eigenvalue weighted by molar-refractivity contribution is 0.0258. The minimum atomic E-state index is 0.897. The zero-order valence-corrected chi connectivity index (χ0v) is 9.84. The molecule has 0 atom stereocenters. The first kappa shape index (κ1) is 10.5. The second-order valence-electron chi connectivity index (χ2n) is 5.74. The minimum absolute atomic E-state index is 0.897. The summed E-state index contributed by atoms with van der Waals surface area (Å²) >= 11 is 0. The fraction of sp³-hybridized carbons (Fsp3) is 1.00. The Morgan fingerprint density at radius 2 is 1.71 bits per heavy atom. The molecule has 0 aromatic heterocycles. The van der Waals surface area contributed by atoms with Crippen LogP contribution in [0, 0.1) is 11.8 Å². The van der Waals surface area contributed by atoms with E-state index in [0.29, 0.717) is 0 Å². The fourth-order valence-corrected chi connectivity index (χ4v) is 3.17. The molecule has 1 heteroatoms. The molecule has 1 saturated heterocycles. The normalized spacial score (nSPS) is 26.8. The highest BCUT2D eigenvalue weighted by Gasteiger charge is 2.32. The molecule has 14 heavy (non-hydrogen) atoms. The molecular formula is C13H25N. The molecule has 0 N–H and O–H groups in total. The standard InChI is InChI=1S/C13H25N/c1-11(2)8-12-9-14(10-12)13-6-4-3-5-7-13/h11-13H,3-10H2,1-2H3. The lowest BCUT2D eigenvalue weighted by Gasteiger charge is -2.46. The van der Waals surface area contributed by atoms with Crippen LogP contribution in [0.5, 0.6) is 0 Å². The van der Waals surface area contributed by atoms with Gasteiger partial charge in [0, 0.05) is 19.1 Å². The van der Waals surface area contributed by atoms with Crippen molar-refractivity contribution in [3.8, 4) is 0 Å². The van der Waals surface area contributed by atoms with Gasteiger partial charge in [0.2, 0.25) is 0 Å². The van der Waals surface area contributed by atoms with Gasteiger partial charge in [-0.15, -0.1) is 0 Å². The maximum Gasteiger partial charge on any atom is 0.00955 e. The SMILES string of the molecule is CC(C)CC1CN(C2CCCCC2)C1. The van der Waals surface area contributed by atoms with Crippen LogP contribution in [0.4, 0.5) is 0 Å². The zero-order chi connectivity index (χ0) is 9.97. The van der Waals surface area contributed by atoms with Crippen molar-refractivity contribution in [2.75, 3.05) is 13.1 Å². The van der Waals surface area contributed by atoms with Gasteiger partial charge in [-0.05, 0) is 31.1 Å². The first-order valence-electron chi connectivity index (χ1n) is 6.49. The van der Waals surface area contributed by atoms with E-state index in [9.17, 15) is 0 Å². The lowest BCUT2D eigenvalue weighted by atomic mass is 9.85. The predicted molar refractivity (Wildman–Crippen MR) is 61.4 cm³/mol. The minimum Gasteiger partial charge on any atom is -0.300 e. The molecule has 1 saturated carbocycles. The van der Waals surface area contributed by atoms with Gasteiger partial charge in [-0.1, -0.05) is 33.1 Å². The average Bonchev–Trinajstić information content (AvgIpc) is 2.12. The van der Waals surface area contributed by atoms with Gasteiger partial charge in [0.25, 0.3) is 0 Å². The van der Waals surface area contributed by atoms with E-state index in [1.807, 2.05) is 0 Å². The summed E-state index contributed by atoms with van der Waals surface area (Å²) in [4.78, 5) is 2.74. The van der Waals surface area contributed by atoms with Crippen molar-refractivity contribution < 1.29 is 0 Å². The fourth-order valence-electron chi connectivity index (χ4n) is 3.17. The molecule has 0 unspecified atom stereocenters. The zero-order valence-electron chi connectivity index (χ0n) is 9.84. The third-order valence-corrected chi connectivity index (χ3v) is 3.88. The van der Waals surface area contributed by atoms with Crippen LogP contribution in [-0.4, -0.2) is 24.0 Å². The summed E-state index contributed by atoms with van der Waals surface area (Å²) < 4.78 is 0. The van der Waals surface area contributed by atoms with Crippen molar-refractivity contribution in [1.82, 2.24) is 4.90 Å². The summed E-state index contributed by atoms with van der Waals surface area (Å²) in [5.41, 5.74) is 0. The molecule has 0 bridgehead atoms. The van der Waals surface area contributed by atoms with Crippen LogP contribution >= 0.6 is 0 Å². The molecule has 0 aromatic carbocycles. The maximum atomic E-state index is 2.74. The van der Waals surface area contributed by atoms with Crippen molar-refractivity contribution in [2.24, 2.45) is 11.8 Å². The lowest BCUT2D eigenvalue weighted by Crippen LogP contribution is -2.52. The van der Waals surface area contributed by atoms with Crippen LogP contribution in [0.25, 0.3) is 0 Å². The topological polar surface area (TPSA) is 3.24 Å². The van der Waals surface area contributed by atoms with Crippen molar-refractivity contribution in [3.05, 3.63) is 0 Å². The highest BCUT2D eigenvalue weighted by molar-refractivity contribution is 4.87. The Morgan fingerprint density at radius 3 is 2.29 bits per heavy atom. The number of hydrogen-bond acceptors (Lipinski definition) is 1. The third kappa shape index (κ3) is 2.50. The molecule has 2 fully saturated rings. The van der Waals surface area contributed by atoms with Crippen LogP contribution in [0.1, 0.15) is 52.4 Å². The van der Waals surface area contributed by atoms with Gasteiger partial charge in [-0.25, -0.2) is 0 Å². The van der Waals surface area contributed by atoms with Gasteiger partial charge in [-0.3, -0.25) is 4.90 Å². The van der Waals surface area contributed by atoms with E-state index in [-0.39, 0.29) is 0 Å². The van der Waals surface area contributed by atoms with Crippen molar-refractivity contribution in [1.29, 1.82) is 0 Å². The van der Waals surface area contributed by atoms with Crippen molar-refractivity contribution >= 4 is 0 Å². The van der Waals surface area contributed by atoms with Crippen LogP contribution in [-0.2, 0) is 0 Å². The molecule has 2 rings (SSSR count). The van der Waals surface area contributed by atoms with Crippen molar-refractivity contribution in [3.63, 3.8) is 0 Å². The molecule has 0 radical (unpaired) electrons. The Hall–Kier alpha value is -0.0400. The van der Waals surface area contributed by atoms with Gasteiger partial charge in [0.05, 0.1) is 0 Å². The first-order valence-corrected chi connectivity index (χ1v) is 6.49. The summed E-state index contributed by atoms with van der Waals surface area (Å²) in [6.45, 7) is 7.51. The van der Waals surface area contributed by atoms with Crippen LogP contribution in [0.15, 0.2) is 0 Å². The van der Waals surface area contributed by atoms with E-state index >= 15 is 0 Å². The number of rotatable bonds is 3. The van der Waals surface area contributed by atoms with E-state index in [2.05, 4.69) is 18.7 Å². The molecule has 2 aliphatic rings. The molecule has 0 aromatic rings. The second kappa shape index (κ2) is 4.65. The van der Waals surface area contributed by atoms with E-state index in [1.165, 1.54) is 51.6 Å². The predicted octanol–water partition coefficient (Wildman–Crippen LogP) is 3.30. The van der Waals surface area contributed by atoms with E-state index < -0.39 is 0 Å². The van der Waals surface area contributed by atoms with E-state index in [4.69, 9.17) is 0 Å². The summed E-state index contributed by atoms with van der Waals surface area (Å²) in [7, 11) is 0. The summed E-state index contributed by atoms with van der Waals surface area (Å²) in [6, 6.07) is 0.965. The molecule has 1 heterocycles. The summed E-state index contributed by atoms with van der Waals surface area (Å²) in [5.74, 6) is 1.92. The van der Waals surface area contributed by atoms with E-state index in [1.54, 1.807) is 0 Å². The smallest absolute Gasteiger partial charge is 0.00955 e. The molecule has 1 aliphatic carbocycles. The summed E-state index contributed by atoms with van der Waals surface area (Å²) in [6.07, 6.45) is 8.86. The monoisotopic (exact) mass is 195 g/mol. The Labute approximate surface area is 88.9 Å². The molecule has 0 spiro atoms. The molecular weight excluding hydrogens is 170 g/mol. The number of likely N-dealkylation sites (tertiary alicyclic amines) is 1. The van der Waals surface area contributed by atoms with Crippen molar-refractivity contribution in [2.45, 2.75) is 58.4 Å². The second-order valence-corrected chi connectivity index (χ2v) is 5.74. The quantitative estimate of drug-likeness (QED) is 0.668. The average molecular weight is 195 g/mol. The Morgan fingerprint density at radius 1 is 1.07 bits per heavy atom. The largest absolute Gasteiger partial charge is 0.300 e.